The molecule has 1 saturated carbocycles. The van der Waals surface area contributed by atoms with E-state index in [9.17, 15) is 4.79 Å². The molecule has 2 fully saturated rings. The van der Waals surface area contributed by atoms with Crippen LogP contribution >= 0.6 is 0 Å². The topological polar surface area (TPSA) is 66.5 Å². The fourth-order valence-corrected chi connectivity index (χ4v) is 2.50. The average molecular weight is 246 g/mol. The van der Waals surface area contributed by atoms with E-state index >= 15 is 0 Å². The summed E-state index contributed by atoms with van der Waals surface area (Å²) in [5, 5.41) is 8.79. The Hall–Kier alpha value is -1.80. The molecule has 0 bridgehead atoms. The van der Waals surface area contributed by atoms with Crippen LogP contribution in [0.4, 0.5) is 0 Å². The van der Waals surface area contributed by atoms with E-state index in [-0.39, 0.29) is 17.2 Å². The fraction of sp³-hybridized carbons (Fsp3) is 0.538. The highest BCUT2D eigenvalue weighted by Gasteiger charge is 2.52. The molecule has 18 heavy (non-hydrogen) atoms. The summed E-state index contributed by atoms with van der Waals surface area (Å²) >= 11 is 0. The van der Waals surface area contributed by atoms with Crippen molar-refractivity contribution in [3.05, 3.63) is 23.2 Å². The monoisotopic (exact) mass is 246 g/mol. The third-order valence-electron chi connectivity index (χ3n) is 3.73. The summed E-state index contributed by atoms with van der Waals surface area (Å²) in [6.45, 7) is 3.54. The molecule has 3 rings (SSSR count). The van der Waals surface area contributed by atoms with Gasteiger partial charge in [-0.2, -0.15) is 5.26 Å². The predicted molar refractivity (Wildman–Crippen MR) is 62.0 cm³/mol. The molecule has 2 aliphatic rings. The van der Waals surface area contributed by atoms with Crippen molar-refractivity contribution in [1.29, 1.82) is 5.26 Å². The normalized spacial score (nSPS) is 20.8. The molecule has 94 valence electrons. The molecule has 0 aromatic carbocycles. The summed E-state index contributed by atoms with van der Waals surface area (Å²) in [6, 6.07) is 3.45. The van der Waals surface area contributed by atoms with Gasteiger partial charge in [0.15, 0.2) is 0 Å². The number of amides is 1. The lowest BCUT2D eigenvalue weighted by Gasteiger charge is -2.36. The molecule has 2 heterocycles. The maximum atomic E-state index is 12.5. The van der Waals surface area contributed by atoms with Crippen LogP contribution in [-0.4, -0.2) is 36.1 Å². The minimum absolute atomic E-state index is 0.0430. The van der Waals surface area contributed by atoms with Gasteiger partial charge < -0.3 is 14.1 Å². The first-order chi connectivity index (χ1) is 8.66. The van der Waals surface area contributed by atoms with Crippen LogP contribution in [0.3, 0.4) is 0 Å². The molecule has 1 saturated heterocycles. The van der Waals surface area contributed by atoms with Gasteiger partial charge in [0.1, 0.15) is 11.8 Å². The molecule has 5 heteroatoms. The molecule has 0 N–H and O–H groups in total. The molecule has 1 aromatic heterocycles. The number of ether oxygens (including phenoxy) is 1. The Balaban J connectivity index is 1.90. The van der Waals surface area contributed by atoms with E-state index in [0.717, 1.165) is 12.8 Å². The van der Waals surface area contributed by atoms with Crippen LogP contribution in [0, 0.1) is 18.3 Å². The molecule has 1 aliphatic heterocycles. The smallest absolute Gasteiger partial charge is 0.258 e. The van der Waals surface area contributed by atoms with Crippen LogP contribution in [0.2, 0.25) is 0 Å². The van der Waals surface area contributed by atoms with Crippen molar-refractivity contribution in [2.75, 3.05) is 19.8 Å². The summed E-state index contributed by atoms with van der Waals surface area (Å²) < 4.78 is 10.7. The third-order valence-corrected chi connectivity index (χ3v) is 3.73. The second-order valence-corrected chi connectivity index (χ2v) is 4.93. The van der Waals surface area contributed by atoms with Gasteiger partial charge in [0.05, 0.1) is 24.3 Å². The average Bonchev–Trinajstić information content (AvgIpc) is 3.02. The molecule has 0 radical (unpaired) electrons. The predicted octanol–water partition coefficient (Wildman–Crippen LogP) is 1.46. The zero-order valence-electron chi connectivity index (χ0n) is 10.2. The fourth-order valence-electron chi connectivity index (χ4n) is 2.50. The Labute approximate surface area is 105 Å². The summed E-state index contributed by atoms with van der Waals surface area (Å²) in [5.41, 5.74) is 0.408. The van der Waals surface area contributed by atoms with Gasteiger partial charge >= 0.3 is 0 Å². The van der Waals surface area contributed by atoms with Gasteiger partial charge in [-0.1, -0.05) is 0 Å². The molecule has 1 spiro atoms. The van der Waals surface area contributed by atoms with Crippen LogP contribution in [0.25, 0.3) is 0 Å². The number of aryl methyl sites for hydroxylation is 1. The van der Waals surface area contributed by atoms with Crippen LogP contribution in [0.15, 0.2) is 10.5 Å². The van der Waals surface area contributed by atoms with Crippen molar-refractivity contribution < 1.29 is 13.9 Å². The van der Waals surface area contributed by atoms with Gasteiger partial charge in [0.2, 0.25) is 5.76 Å². The first-order valence-corrected chi connectivity index (χ1v) is 6.06. The highest BCUT2D eigenvalue weighted by Crippen LogP contribution is 2.44. The van der Waals surface area contributed by atoms with Crippen LogP contribution < -0.4 is 0 Å². The van der Waals surface area contributed by atoms with E-state index in [0.29, 0.717) is 31.1 Å². The van der Waals surface area contributed by atoms with Crippen molar-refractivity contribution >= 4 is 5.91 Å². The van der Waals surface area contributed by atoms with E-state index in [1.165, 1.54) is 6.07 Å². The van der Waals surface area contributed by atoms with E-state index < -0.39 is 0 Å². The van der Waals surface area contributed by atoms with Gasteiger partial charge in [0.25, 0.3) is 5.91 Å². The minimum atomic E-state index is -0.0914. The quantitative estimate of drug-likeness (QED) is 0.752. The second kappa shape index (κ2) is 3.85. The lowest BCUT2D eigenvalue weighted by atomic mass is 10.1. The summed E-state index contributed by atoms with van der Waals surface area (Å²) in [5.74, 6) is 0.659. The maximum absolute atomic E-state index is 12.5. The number of carbonyl (C=O) groups is 1. The highest BCUT2D eigenvalue weighted by molar-refractivity contribution is 5.96. The van der Waals surface area contributed by atoms with Crippen LogP contribution in [0.5, 0.6) is 0 Å². The van der Waals surface area contributed by atoms with Gasteiger partial charge in [0, 0.05) is 12.6 Å². The van der Waals surface area contributed by atoms with Gasteiger partial charge in [-0.05, 0) is 19.8 Å². The largest absolute Gasteiger partial charge is 0.450 e. The molecular formula is C13H14N2O3. The molecular weight excluding hydrogens is 232 g/mol. The number of hydrogen-bond donors (Lipinski definition) is 0. The van der Waals surface area contributed by atoms with E-state index in [4.69, 9.17) is 14.4 Å². The van der Waals surface area contributed by atoms with Crippen molar-refractivity contribution in [2.24, 2.45) is 0 Å². The number of nitriles is 1. The number of nitrogens with zero attached hydrogens (tertiary/aromatic N) is 2. The lowest BCUT2D eigenvalue weighted by Crippen LogP contribution is -2.50. The molecule has 5 nitrogen and oxygen atoms in total. The summed E-state index contributed by atoms with van der Waals surface area (Å²) in [7, 11) is 0. The SMILES string of the molecule is Cc1oc(C#N)cc1C(=O)N1CCOCC12CC2. The molecule has 0 unspecified atom stereocenters. The first-order valence-electron chi connectivity index (χ1n) is 6.06. The van der Waals surface area contributed by atoms with Gasteiger partial charge in [-0.15, -0.1) is 0 Å². The van der Waals surface area contributed by atoms with Gasteiger partial charge in [-0.25, -0.2) is 0 Å². The number of hydrogen-bond acceptors (Lipinski definition) is 4. The first kappa shape index (κ1) is 11.3. The molecule has 1 amide bonds. The molecule has 0 atom stereocenters. The number of carbonyl (C=O) groups excluding carboxylic acids is 1. The Kier molecular flexibility index (Phi) is 2.42. The zero-order valence-corrected chi connectivity index (χ0v) is 10.2. The number of rotatable bonds is 1. The van der Waals surface area contributed by atoms with Crippen molar-refractivity contribution in [3.63, 3.8) is 0 Å². The minimum Gasteiger partial charge on any atom is -0.450 e. The Morgan fingerprint density at radius 2 is 2.33 bits per heavy atom. The highest BCUT2D eigenvalue weighted by atomic mass is 16.5. The molecule has 1 aliphatic carbocycles. The van der Waals surface area contributed by atoms with Crippen LogP contribution in [0.1, 0.15) is 34.7 Å². The van der Waals surface area contributed by atoms with Crippen molar-refractivity contribution in [1.82, 2.24) is 4.90 Å². The third kappa shape index (κ3) is 1.61. The Morgan fingerprint density at radius 3 is 2.94 bits per heavy atom. The van der Waals surface area contributed by atoms with E-state index in [2.05, 4.69) is 0 Å². The zero-order chi connectivity index (χ0) is 12.8. The van der Waals surface area contributed by atoms with Gasteiger partial charge in [-0.3, -0.25) is 4.79 Å². The second-order valence-electron chi connectivity index (χ2n) is 4.93. The number of morpholine rings is 1. The van der Waals surface area contributed by atoms with E-state index in [1.807, 2.05) is 11.0 Å². The lowest BCUT2D eigenvalue weighted by molar-refractivity contribution is -0.0118. The van der Waals surface area contributed by atoms with Crippen molar-refractivity contribution in [3.8, 4) is 6.07 Å². The summed E-state index contributed by atoms with van der Waals surface area (Å²) in [6.07, 6.45) is 2.00. The standard InChI is InChI=1S/C13H14N2O3/c1-9-11(6-10(7-14)18-9)12(16)15-4-5-17-8-13(15)2-3-13/h6H,2-5,8H2,1H3. The van der Waals surface area contributed by atoms with Crippen LogP contribution in [-0.2, 0) is 4.74 Å². The Morgan fingerprint density at radius 1 is 1.56 bits per heavy atom. The van der Waals surface area contributed by atoms with Crippen molar-refractivity contribution in [2.45, 2.75) is 25.3 Å². The summed E-state index contributed by atoms with van der Waals surface area (Å²) in [4.78, 5) is 14.4. The van der Waals surface area contributed by atoms with E-state index in [1.54, 1.807) is 6.92 Å². The molecule has 1 aromatic rings. The number of furan rings is 1. The maximum Gasteiger partial charge on any atom is 0.258 e. The Bertz CT molecular complexity index is 537.